The lowest BCUT2D eigenvalue weighted by atomic mass is 10.0. The van der Waals surface area contributed by atoms with Crippen molar-refractivity contribution in [1.29, 1.82) is 0 Å². The van der Waals surface area contributed by atoms with Crippen LogP contribution in [0.25, 0.3) is 0 Å². The van der Waals surface area contributed by atoms with Crippen LogP contribution < -0.4 is 0 Å². The highest BCUT2D eigenvalue weighted by Gasteiger charge is 2.10. The predicted molar refractivity (Wildman–Crippen MR) is 76.6 cm³/mol. The van der Waals surface area contributed by atoms with E-state index in [1.165, 1.54) is 30.6 Å². The number of benzene rings is 1. The van der Waals surface area contributed by atoms with Crippen LogP contribution >= 0.6 is 11.8 Å². The molecule has 1 N–H and O–H groups in total. The molecule has 0 aliphatic carbocycles. The van der Waals surface area contributed by atoms with Crippen molar-refractivity contribution in [3.05, 3.63) is 29.8 Å². The summed E-state index contributed by atoms with van der Waals surface area (Å²) in [5.74, 6) is 0. The fraction of sp³-hybridized carbons (Fsp3) is 0.600. The second-order valence-corrected chi connectivity index (χ2v) is 5.31. The highest BCUT2D eigenvalue weighted by atomic mass is 32.2. The molecule has 0 aromatic heterocycles. The van der Waals surface area contributed by atoms with Crippen LogP contribution in [0.1, 0.15) is 57.1 Å². The van der Waals surface area contributed by atoms with E-state index in [0.717, 1.165) is 18.4 Å². The van der Waals surface area contributed by atoms with Gasteiger partial charge in [-0.2, -0.15) is 0 Å². The zero-order chi connectivity index (χ0) is 12.5. The molecule has 0 fully saturated rings. The number of unbranched alkanes of at least 4 members (excludes halogenated alkanes) is 4. The Labute approximate surface area is 110 Å². The van der Waals surface area contributed by atoms with Gasteiger partial charge in [-0.05, 0) is 24.3 Å². The Morgan fingerprint density at radius 1 is 1.12 bits per heavy atom. The zero-order valence-corrected chi connectivity index (χ0v) is 11.8. The Morgan fingerprint density at radius 2 is 1.82 bits per heavy atom. The highest BCUT2D eigenvalue weighted by molar-refractivity contribution is 7.98. The monoisotopic (exact) mass is 252 g/mol. The average molecular weight is 252 g/mol. The van der Waals surface area contributed by atoms with E-state index < -0.39 is 0 Å². The Balaban J connectivity index is 2.38. The van der Waals surface area contributed by atoms with Gasteiger partial charge in [0.1, 0.15) is 0 Å². The van der Waals surface area contributed by atoms with Gasteiger partial charge >= 0.3 is 0 Å². The number of hydrogen-bond donors (Lipinski definition) is 1. The molecule has 17 heavy (non-hydrogen) atoms. The minimum Gasteiger partial charge on any atom is -0.388 e. The predicted octanol–water partition coefficient (Wildman–Crippen LogP) is 4.80. The van der Waals surface area contributed by atoms with Crippen LogP contribution in [0.5, 0.6) is 0 Å². The van der Waals surface area contributed by atoms with Crippen LogP contribution in [0.15, 0.2) is 29.2 Å². The van der Waals surface area contributed by atoms with Gasteiger partial charge in [0.25, 0.3) is 0 Å². The minimum absolute atomic E-state index is 0.291. The molecule has 0 bridgehead atoms. The van der Waals surface area contributed by atoms with Crippen LogP contribution in [0, 0.1) is 0 Å². The highest BCUT2D eigenvalue weighted by Crippen LogP contribution is 2.28. The largest absolute Gasteiger partial charge is 0.388 e. The van der Waals surface area contributed by atoms with E-state index in [1.807, 2.05) is 18.2 Å². The van der Waals surface area contributed by atoms with Crippen molar-refractivity contribution in [3.63, 3.8) is 0 Å². The SMILES string of the molecule is CCCCCCCC(O)c1ccccc1SC. The molecule has 1 rings (SSSR count). The lowest BCUT2D eigenvalue weighted by Gasteiger charge is -2.14. The minimum atomic E-state index is -0.291. The van der Waals surface area contributed by atoms with Crippen molar-refractivity contribution in [1.82, 2.24) is 0 Å². The molecule has 0 spiro atoms. The second-order valence-electron chi connectivity index (χ2n) is 4.46. The molecule has 0 amide bonds. The van der Waals surface area contributed by atoms with Gasteiger partial charge in [0.2, 0.25) is 0 Å². The third kappa shape index (κ3) is 5.13. The third-order valence-electron chi connectivity index (χ3n) is 3.08. The molecular weight excluding hydrogens is 228 g/mol. The molecule has 0 aliphatic heterocycles. The molecule has 2 heteroatoms. The molecular formula is C15H24OS. The summed E-state index contributed by atoms with van der Waals surface area (Å²) < 4.78 is 0. The lowest BCUT2D eigenvalue weighted by Crippen LogP contribution is -1.99. The number of rotatable bonds is 8. The van der Waals surface area contributed by atoms with Gasteiger partial charge in [0.05, 0.1) is 6.10 Å². The molecule has 96 valence electrons. The molecule has 1 nitrogen and oxygen atoms in total. The summed E-state index contributed by atoms with van der Waals surface area (Å²) in [6, 6.07) is 8.17. The molecule has 0 heterocycles. The Bertz CT molecular complexity index is 312. The van der Waals surface area contributed by atoms with E-state index in [4.69, 9.17) is 0 Å². The van der Waals surface area contributed by atoms with Gasteiger partial charge in [0, 0.05) is 4.90 Å². The smallest absolute Gasteiger partial charge is 0.0800 e. The van der Waals surface area contributed by atoms with E-state index in [2.05, 4.69) is 19.2 Å². The van der Waals surface area contributed by atoms with Gasteiger partial charge < -0.3 is 5.11 Å². The van der Waals surface area contributed by atoms with Crippen molar-refractivity contribution in [2.45, 2.75) is 56.4 Å². The standard InChI is InChI=1S/C15H24OS/c1-3-4-5-6-7-11-14(16)13-10-8-9-12-15(13)17-2/h8-10,12,14,16H,3-7,11H2,1-2H3. The van der Waals surface area contributed by atoms with Crippen molar-refractivity contribution in [3.8, 4) is 0 Å². The fourth-order valence-corrected chi connectivity index (χ4v) is 2.69. The maximum atomic E-state index is 10.2. The van der Waals surface area contributed by atoms with Gasteiger partial charge in [-0.3, -0.25) is 0 Å². The first-order valence-corrected chi connectivity index (χ1v) is 7.83. The Morgan fingerprint density at radius 3 is 2.53 bits per heavy atom. The molecule has 0 saturated heterocycles. The maximum absolute atomic E-state index is 10.2. The molecule has 0 aliphatic rings. The van der Waals surface area contributed by atoms with Crippen molar-refractivity contribution >= 4 is 11.8 Å². The Kier molecular flexibility index (Phi) is 7.38. The molecule has 0 saturated carbocycles. The van der Waals surface area contributed by atoms with Crippen molar-refractivity contribution in [2.75, 3.05) is 6.26 Å². The first kappa shape index (κ1) is 14.6. The molecule has 1 atom stereocenters. The average Bonchev–Trinajstić information content (AvgIpc) is 2.38. The third-order valence-corrected chi connectivity index (χ3v) is 3.89. The summed E-state index contributed by atoms with van der Waals surface area (Å²) in [6.45, 7) is 2.23. The first-order valence-electron chi connectivity index (χ1n) is 6.60. The zero-order valence-electron chi connectivity index (χ0n) is 11.0. The summed E-state index contributed by atoms with van der Waals surface area (Å²) in [4.78, 5) is 1.20. The Hall–Kier alpha value is -0.470. The molecule has 1 aromatic carbocycles. The van der Waals surface area contributed by atoms with Crippen LogP contribution in [0.3, 0.4) is 0 Å². The van der Waals surface area contributed by atoms with Gasteiger partial charge in [-0.25, -0.2) is 0 Å². The van der Waals surface area contributed by atoms with Crippen LogP contribution in [0.2, 0.25) is 0 Å². The normalized spacial score (nSPS) is 12.6. The van der Waals surface area contributed by atoms with Gasteiger partial charge in [-0.1, -0.05) is 57.2 Å². The van der Waals surface area contributed by atoms with E-state index in [9.17, 15) is 5.11 Å². The second kappa shape index (κ2) is 8.60. The van der Waals surface area contributed by atoms with Gasteiger partial charge in [-0.15, -0.1) is 11.8 Å². The quantitative estimate of drug-likeness (QED) is 0.529. The molecule has 1 aromatic rings. The van der Waals surface area contributed by atoms with Crippen LogP contribution in [0.4, 0.5) is 0 Å². The number of aliphatic hydroxyl groups is 1. The summed E-state index contributed by atoms with van der Waals surface area (Å²) >= 11 is 1.71. The van der Waals surface area contributed by atoms with Crippen molar-refractivity contribution in [2.24, 2.45) is 0 Å². The fourth-order valence-electron chi connectivity index (χ4n) is 2.04. The van der Waals surface area contributed by atoms with Crippen LogP contribution in [-0.4, -0.2) is 11.4 Å². The van der Waals surface area contributed by atoms with Crippen LogP contribution in [-0.2, 0) is 0 Å². The van der Waals surface area contributed by atoms with E-state index in [0.29, 0.717) is 0 Å². The maximum Gasteiger partial charge on any atom is 0.0800 e. The van der Waals surface area contributed by atoms with Gasteiger partial charge in [0.15, 0.2) is 0 Å². The first-order chi connectivity index (χ1) is 8.29. The summed E-state index contributed by atoms with van der Waals surface area (Å²) in [5, 5.41) is 10.2. The summed E-state index contributed by atoms with van der Waals surface area (Å²) in [7, 11) is 0. The summed E-state index contributed by atoms with van der Waals surface area (Å²) in [5.41, 5.74) is 1.09. The molecule has 0 radical (unpaired) electrons. The molecule has 1 unspecified atom stereocenters. The topological polar surface area (TPSA) is 20.2 Å². The number of aliphatic hydroxyl groups excluding tert-OH is 1. The van der Waals surface area contributed by atoms with E-state index in [1.54, 1.807) is 11.8 Å². The van der Waals surface area contributed by atoms with E-state index >= 15 is 0 Å². The van der Waals surface area contributed by atoms with E-state index in [-0.39, 0.29) is 6.10 Å². The lowest BCUT2D eigenvalue weighted by molar-refractivity contribution is 0.160. The number of thioether (sulfide) groups is 1. The summed E-state index contributed by atoms with van der Waals surface area (Å²) in [6.07, 6.45) is 8.92. The van der Waals surface area contributed by atoms with Crippen molar-refractivity contribution < 1.29 is 5.11 Å². The number of hydrogen-bond acceptors (Lipinski definition) is 2.